The molecule has 3 rings (SSSR count). The number of hydrogen-bond donors (Lipinski definition) is 1. The Labute approximate surface area is 125 Å². The first-order chi connectivity index (χ1) is 10.1. The first-order valence-electron chi connectivity index (χ1n) is 6.46. The lowest BCUT2D eigenvalue weighted by Crippen LogP contribution is -1.96. The van der Waals surface area contributed by atoms with E-state index in [0.29, 0.717) is 16.3 Å². The molecule has 106 valence electrons. The van der Waals surface area contributed by atoms with Gasteiger partial charge >= 0.3 is 5.97 Å². The minimum absolute atomic E-state index is 0.0838. The van der Waals surface area contributed by atoms with E-state index < -0.39 is 5.97 Å². The third-order valence-electron chi connectivity index (χ3n) is 2.99. The van der Waals surface area contributed by atoms with E-state index in [1.807, 2.05) is 43.3 Å². The number of aliphatic carboxylic acids is 1. The maximum Gasteiger partial charge on any atom is 0.307 e. The average Bonchev–Trinajstić information content (AvgIpc) is 3.03. The van der Waals surface area contributed by atoms with Crippen molar-refractivity contribution in [1.29, 1.82) is 0 Å². The van der Waals surface area contributed by atoms with Gasteiger partial charge in [0.05, 0.1) is 16.6 Å². The van der Waals surface area contributed by atoms with Crippen LogP contribution < -0.4 is 0 Å². The molecule has 0 fully saturated rings. The molecular formula is C16H13NO3S. The summed E-state index contributed by atoms with van der Waals surface area (Å²) in [6.45, 7) is 1.85. The quantitative estimate of drug-likeness (QED) is 0.783. The number of furan rings is 1. The second-order valence-electron chi connectivity index (χ2n) is 4.68. The molecule has 0 unspecified atom stereocenters. The molecule has 0 atom stereocenters. The van der Waals surface area contributed by atoms with Crippen LogP contribution in [0.2, 0.25) is 0 Å². The fraction of sp³-hybridized carbons (Fsp3) is 0.125. The highest BCUT2D eigenvalue weighted by atomic mass is 32.1. The average molecular weight is 299 g/mol. The van der Waals surface area contributed by atoms with Crippen molar-refractivity contribution < 1.29 is 14.3 Å². The molecule has 0 saturated heterocycles. The lowest BCUT2D eigenvalue weighted by Gasteiger charge is -1.99. The third-order valence-corrected chi connectivity index (χ3v) is 4.10. The Morgan fingerprint density at radius 2 is 2.14 bits per heavy atom. The van der Waals surface area contributed by atoms with E-state index in [9.17, 15) is 4.79 Å². The first kappa shape index (κ1) is 13.6. The number of carboxylic acids is 1. The van der Waals surface area contributed by atoms with Crippen molar-refractivity contribution in [3.05, 3.63) is 52.9 Å². The SMILES string of the molecule is Cc1ccc(/C=C(\CC(=O)O)c2nc3ccccc3s2)o1. The van der Waals surface area contributed by atoms with Crippen LogP contribution in [0.1, 0.15) is 22.9 Å². The summed E-state index contributed by atoms with van der Waals surface area (Å²) < 4.78 is 6.54. The second kappa shape index (κ2) is 5.54. The smallest absolute Gasteiger partial charge is 0.307 e. The molecule has 0 saturated carbocycles. The van der Waals surface area contributed by atoms with Crippen molar-refractivity contribution in [2.75, 3.05) is 0 Å². The number of aryl methyl sites for hydroxylation is 1. The van der Waals surface area contributed by atoms with Crippen molar-refractivity contribution in [2.45, 2.75) is 13.3 Å². The highest BCUT2D eigenvalue weighted by Gasteiger charge is 2.13. The summed E-state index contributed by atoms with van der Waals surface area (Å²) in [6, 6.07) is 11.4. The van der Waals surface area contributed by atoms with Crippen LogP contribution in [0, 0.1) is 6.92 Å². The Hall–Kier alpha value is -2.40. The normalized spacial score (nSPS) is 12.0. The third kappa shape index (κ3) is 3.03. The van der Waals surface area contributed by atoms with E-state index in [1.165, 1.54) is 11.3 Å². The molecule has 4 nitrogen and oxygen atoms in total. The van der Waals surface area contributed by atoms with Gasteiger partial charge in [0, 0.05) is 5.57 Å². The molecular weight excluding hydrogens is 286 g/mol. The molecule has 1 aromatic carbocycles. The largest absolute Gasteiger partial charge is 0.481 e. The summed E-state index contributed by atoms with van der Waals surface area (Å²) in [5, 5.41) is 9.82. The zero-order chi connectivity index (χ0) is 14.8. The van der Waals surface area contributed by atoms with Crippen LogP contribution in [-0.4, -0.2) is 16.1 Å². The van der Waals surface area contributed by atoms with Gasteiger partial charge in [-0.25, -0.2) is 4.98 Å². The van der Waals surface area contributed by atoms with E-state index in [4.69, 9.17) is 9.52 Å². The Balaban J connectivity index is 2.06. The number of carboxylic acid groups (broad SMARTS) is 1. The Morgan fingerprint density at radius 3 is 2.81 bits per heavy atom. The number of para-hydroxylation sites is 1. The lowest BCUT2D eigenvalue weighted by molar-refractivity contribution is -0.135. The summed E-state index contributed by atoms with van der Waals surface area (Å²) in [7, 11) is 0. The standard InChI is InChI=1S/C16H13NO3S/c1-10-6-7-12(20-10)8-11(9-15(18)19)16-17-13-4-2-3-5-14(13)21-16/h2-8H,9H2,1H3,(H,18,19)/b11-8+. The maximum absolute atomic E-state index is 11.1. The van der Waals surface area contributed by atoms with E-state index in [-0.39, 0.29) is 6.42 Å². The maximum atomic E-state index is 11.1. The summed E-state index contributed by atoms with van der Waals surface area (Å²) in [5.74, 6) is 0.548. The van der Waals surface area contributed by atoms with Crippen LogP contribution in [-0.2, 0) is 4.79 Å². The number of hydrogen-bond acceptors (Lipinski definition) is 4. The van der Waals surface area contributed by atoms with Crippen LogP contribution in [0.15, 0.2) is 40.8 Å². The van der Waals surface area contributed by atoms with Gasteiger partial charge in [-0.3, -0.25) is 4.79 Å². The summed E-state index contributed by atoms with van der Waals surface area (Å²) in [5.41, 5.74) is 1.53. The molecule has 2 aromatic heterocycles. The van der Waals surface area contributed by atoms with E-state index in [1.54, 1.807) is 6.08 Å². The Kier molecular flexibility index (Phi) is 3.58. The molecule has 0 amide bonds. The van der Waals surface area contributed by atoms with Gasteiger partial charge in [0.2, 0.25) is 0 Å². The number of rotatable bonds is 4. The van der Waals surface area contributed by atoms with Crippen molar-refractivity contribution >= 4 is 39.2 Å². The number of thiazole rings is 1. The van der Waals surface area contributed by atoms with Gasteiger partial charge in [-0.05, 0) is 37.3 Å². The zero-order valence-electron chi connectivity index (χ0n) is 11.4. The fourth-order valence-electron chi connectivity index (χ4n) is 2.06. The molecule has 0 radical (unpaired) electrons. The topological polar surface area (TPSA) is 63.3 Å². The summed E-state index contributed by atoms with van der Waals surface area (Å²) in [4.78, 5) is 15.6. The van der Waals surface area contributed by atoms with Crippen molar-refractivity contribution in [1.82, 2.24) is 4.98 Å². The number of nitrogens with zero attached hydrogens (tertiary/aromatic N) is 1. The molecule has 21 heavy (non-hydrogen) atoms. The molecule has 0 bridgehead atoms. The Morgan fingerprint density at radius 1 is 1.33 bits per heavy atom. The molecule has 5 heteroatoms. The zero-order valence-corrected chi connectivity index (χ0v) is 12.2. The van der Waals surface area contributed by atoms with E-state index in [2.05, 4.69) is 4.98 Å². The predicted octanol–water partition coefficient (Wildman–Crippen LogP) is 4.21. The van der Waals surface area contributed by atoms with Gasteiger partial charge in [-0.15, -0.1) is 11.3 Å². The number of aromatic nitrogens is 1. The molecule has 0 spiro atoms. The van der Waals surface area contributed by atoms with Gasteiger partial charge in [0.25, 0.3) is 0 Å². The highest BCUT2D eigenvalue weighted by Crippen LogP contribution is 2.30. The number of benzene rings is 1. The summed E-state index contributed by atoms with van der Waals surface area (Å²) >= 11 is 1.49. The van der Waals surface area contributed by atoms with Crippen LogP contribution in [0.5, 0.6) is 0 Å². The van der Waals surface area contributed by atoms with Crippen LogP contribution in [0.3, 0.4) is 0 Å². The first-order valence-corrected chi connectivity index (χ1v) is 7.28. The van der Waals surface area contributed by atoms with Gasteiger partial charge in [-0.1, -0.05) is 12.1 Å². The number of fused-ring (bicyclic) bond motifs is 1. The minimum atomic E-state index is -0.885. The highest BCUT2D eigenvalue weighted by molar-refractivity contribution is 7.19. The monoisotopic (exact) mass is 299 g/mol. The van der Waals surface area contributed by atoms with Gasteiger partial charge in [0.1, 0.15) is 16.5 Å². The van der Waals surface area contributed by atoms with Crippen LogP contribution >= 0.6 is 11.3 Å². The number of carbonyl (C=O) groups is 1. The van der Waals surface area contributed by atoms with Gasteiger partial charge < -0.3 is 9.52 Å². The summed E-state index contributed by atoms with van der Waals surface area (Å²) in [6.07, 6.45) is 1.67. The second-order valence-corrected chi connectivity index (χ2v) is 5.71. The van der Waals surface area contributed by atoms with Crippen molar-refractivity contribution in [2.24, 2.45) is 0 Å². The molecule has 1 N–H and O–H groups in total. The van der Waals surface area contributed by atoms with Crippen LogP contribution in [0.25, 0.3) is 21.9 Å². The lowest BCUT2D eigenvalue weighted by atomic mass is 10.1. The van der Waals surface area contributed by atoms with Crippen molar-refractivity contribution in [3.8, 4) is 0 Å². The van der Waals surface area contributed by atoms with E-state index >= 15 is 0 Å². The predicted molar refractivity (Wildman–Crippen MR) is 83.2 cm³/mol. The van der Waals surface area contributed by atoms with Crippen LogP contribution in [0.4, 0.5) is 0 Å². The van der Waals surface area contributed by atoms with Gasteiger partial charge in [0.15, 0.2) is 0 Å². The Bertz CT molecular complexity index is 796. The fourth-order valence-corrected chi connectivity index (χ4v) is 3.04. The van der Waals surface area contributed by atoms with Gasteiger partial charge in [-0.2, -0.15) is 0 Å². The van der Waals surface area contributed by atoms with E-state index in [0.717, 1.165) is 16.0 Å². The molecule has 3 aromatic rings. The van der Waals surface area contributed by atoms with Crippen molar-refractivity contribution in [3.63, 3.8) is 0 Å². The molecule has 2 heterocycles. The minimum Gasteiger partial charge on any atom is -0.481 e. The molecule has 0 aliphatic carbocycles. The molecule has 0 aliphatic rings. The molecule has 0 aliphatic heterocycles.